The second-order valence-corrected chi connectivity index (χ2v) is 3.04. The number of benzene rings is 1. The van der Waals surface area contributed by atoms with E-state index < -0.39 is 6.36 Å². The van der Waals surface area contributed by atoms with E-state index in [2.05, 4.69) is 0 Å². The zero-order valence-corrected chi connectivity index (χ0v) is 7.07. The molecule has 2 unspecified atom stereocenters. The first kappa shape index (κ1) is 9.20. The summed E-state index contributed by atoms with van der Waals surface area (Å²) < 4.78 is 12.3. The molecule has 0 fully saturated rings. The van der Waals surface area contributed by atoms with Gasteiger partial charge in [0.1, 0.15) is 0 Å². The third-order valence-electron chi connectivity index (χ3n) is 1.87. The van der Waals surface area contributed by atoms with Crippen LogP contribution in [0.3, 0.4) is 0 Å². The molecule has 0 spiro atoms. The predicted octanol–water partition coefficient (Wildman–Crippen LogP) is 2.15. The Bertz CT molecular complexity index is 221. The maximum absolute atomic E-state index is 12.3. The summed E-state index contributed by atoms with van der Waals surface area (Å²) in [7, 11) is 0. The molecule has 0 saturated heterocycles. The summed E-state index contributed by atoms with van der Waals surface area (Å²) in [5.41, 5.74) is 1.06. The first-order chi connectivity index (χ1) is 5.70. The van der Waals surface area contributed by atoms with Gasteiger partial charge in [-0.05, 0) is 12.0 Å². The average molecular weight is 168 g/mol. The van der Waals surface area contributed by atoms with E-state index in [0.717, 1.165) is 5.56 Å². The summed E-state index contributed by atoms with van der Waals surface area (Å²) in [6.45, 7) is 1.69. The molecule has 0 aliphatic carbocycles. The molecule has 0 radical (unpaired) electrons. The van der Waals surface area contributed by atoms with Crippen molar-refractivity contribution >= 4 is 0 Å². The Morgan fingerprint density at radius 3 is 2.42 bits per heavy atom. The molecule has 66 valence electrons. The van der Waals surface area contributed by atoms with Crippen LogP contribution in [0.5, 0.6) is 0 Å². The predicted molar refractivity (Wildman–Crippen MR) is 46.4 cm³/mol. The summed E-state index contributed by atoms with van der Waals surface area (Å²) in [6.07, 6.45) is -1.14. The molecule has 0 aromatic heterocycles. The third kappa shape index (κ3) is 2.62. The van der Waals surface area contributed by atoms with Gasteiger partial charge in [-0.2, -0.15) is 0 Å². The number of alkyl halides is 1. The van der Waals surface area contributed by atoms with Crippen LogP contribution < -0.4 is 0 Å². The van der Waals surface area contributed by atoms with Gasteiger partial charge >= 0.3 is 0 Å². The molecule has 0 aliphatic heterocycles. The smallest absolute Gasteiger partial charge is 0.199 e. The van der Waals surface area contributed by atoms with E-state index in [-0.39, 0.29) is 5.92 Å². The lowest BCUT2D eigenvalue weighted by atomic mass is 10.0. The van der Waals surface area contributed by atoms with Crippen LogP contribution in [0.2, 0.25) is 0 Å². The van der Waals surface area contributed by atoms with Crippen molar-refractivity contribution in [2.45, 2.75) is 19.7 Å². The van der Waals surface area contributed by atoms with E-state index >= 15 is 0 Å². The average Bonchev–Trinajstić information content (AvgIpc) is 2.06. The van der Waals surface area contributed by atoms with Crippen molar-refractivity contribution in [3.8, 4) is 0 Å². The van der Waals surface area contributed by atoms with Gasteiger partial charge < -0.3 is 5.11 Å². The van der Waals surface area contributed by atoms with Crippen molar-refractivity contribution in [3.05, 3.63) is 35.9 Å². The molecule has 1 rings (SSSR count). The monoisotopic (exact) mass is 168 g/mol. The van der Waals surface area contributed by atoms with Crippen molar-refractivity contribution in [1.82, 2.24) is 0 Å². The van der Waals surface area contributed by atoms with E-state index in [1.807, 2.05) is 30.3 Å². The zero-order chi connectivity index (χ0) is 8.97. The van der Waals surface area contributed by atoms with Gasteiger partial charge in [-0.25, -0.2) is 4.39 Å². The lowest BCUT2D eigenvalue weighted by Gasteiger charge is -2.10. The standard InChI is InChI=1S/C10H13FO/c1-8(10(11)12)7-9-5-3-2-4-6-9/h2-6,8,10,12H,7H2,1H3. The third-order valence-corrected chi connectivity index (χ3v) is 1.87. The van der Waals surface area contributed by atoms with Gasteiger partial charge in [0.15, 0.2) is 6.36 Å². The lowest BCUT2D eigenvalue weighted by molar-refractivity contribution is -0.00465. The van der Waals surface area contributed by atoms with Crippen molar-refractivity contribution < 1.29 is 9.50 Å². The molecule has 0 saturated carbocycles. The Kier molecular flexibility index (Phi) is 3.23. The van der Waals surface area contributed by atoms with Crippen LogP contribution in [0.1, 0.15) is 12.5 Å². The number of aliphatic hydroxyl groups excluding tert-OH is 1. The minimum Gasteiger partial charge on any atom is -0.364 e. The summed E-state index contributed by atoms with van der Waals surface area (Å²) in [6, 6.07) is 9.59. The van der Waals surface area contributed by atoms with E-state index in [0.29, 0.717) is 6.42 Å². The second-order valence-electron chi connectivity index (χ2n) is 3.04. The molecule has 0 amide bonds. The van der Waals surface area contributed by atoms with Gasteiger partial charge in [0, 0.05) is 5.92 Å². The van der Waals surface area contributed by atoms with Gasteiger partial charge in [-0.15, -0.1) is 0 Å². The molecule has 2 atom stereocenters. The number of aliphatic hydroxyl groups is 1. The topological polar surface area (TPSA) is 20.2 Å². The van der Waals surface area contributed by atoms with Gasteiger partial charge in [0.05, 0.1) is 0 Å². The summed E-state index contributed by atoms with van der Waals surface area (Å²) in [5.74, 6) is -0.326. The fourth-order valence-electron chi connectivity index (χ4n) is 1.08. The van der Waals surface area contributed by atoms with Crippen LogP contribution in [0.15, 0.2) is 30.3 Å². The quantitative estimate of drug-likeness (QED) is 0.733. The minimum atomic E-state index is -1.72. The lowest BCUT2D eigenvalue weighted by Crippen LogP contribution is -2.13. The Balaban J connectivity index is 2.53. The van der Waals surface area contributed by atoms with Crippen LogP contribution in [0.4, 0.5) is 4.39 Å². The highest BCUT2D eigenvalue weighted by atomic mass is 19.1. The van der Waals surface area contributed by atoms with Gasteiger partial charge in [-0.3, -0.25) is 0 Å². The zero-order valence-electron chi connectivity index (χ0n) is 7.07. The van der Waals surface area contributed by atoms with E-state index in [4.69, 9.17) is 5.11 Å². The number of hydrogen-bond acceptors (Lipinski definition) is 1. The highest BCUT2D eigenvalue weighted by molar-refractivity contribution is 5.15. The SMILES string of the molecule is CC(Cc1ccccc1)C(O)F. The molecular formula is C10H13FO. The number of hydrogen-bond donors (Lipinski definition) is 1. The summed E-state index contributed by atoms with van der Waals surface area (Å²) >= 11 is 0. The fraction of sp³-hybridized carbons (Fsp3) is 0.400. The maximum Gasteiger partial charge on any atom is 0.199 e. The first-order valence-corrected chi connectivity index (χ1v) is 4.06. The Labute approximate surface area is 71.9 Å². The van der Waals surface area contributed by atoms with Crippen LogP contribution >= 0.6 is 0 Å². The Hall–Kier alpha value is -0.890. The summed E-state index contributed by atoms with van der Waals surface area (Å²) in [5, 5.41) is 8.62. The maximum atomic E-state index is 12.3. The van der Waals surface area contributed by atoms with Gasteiger partial charge in [0.25, 0.3) is 0 Å². The summed E-state index contributed by atoms with van der Waals surface area (Å²) in [4.78, 5) is 0. The molecule has 1 aromatic rings. The van der Waals surface area contributed by atoms with Crippen molar-refractivity contribution in [3.63, 3.8) is 0 Å². The molecule has 0 heterocycles. The molecule has 1 N–H and O–H groups in total. The minimum absolute atomic E-state index is 0.326. The van der Waals surface area contributed by atoms with Crippen LogP contribution in [-0.2, 0) is 6.42 Å². The number of halogens is 1. The van der Waals surface area contributed by atoms with Crippen molar-refractivity contribution in [2.24, 2.45) is 5.92 Å². The molecule has 1 aromatic carbocycles. The van der Waals surface area contributed by atoms with Gasteiger partial charge in [-0.1, -0.05) is 37.3 Å². The molecule has 12 heavy (non-hydrogen) atoms. The molecule has 0 aliphatic rings. The highest BCUT2D eigenvalue weighted by Gasteiger charge is 2.12. The van der Waals surface area contributed by atoms with Gasteiger partial charge in [0.2, 0.25) is 0 Å². The van der Waals surface area contributed by atoms with E-state index in [1.54, 1.807) is 6.92 Å². The van der Waals surface area contributed by atoms with E-state index in [9.17, 15) is 4.39 Å². The van der Waals surface area contributed by atoms with Crippen LogP contribution in [0.25, 0.3) is 0 Å². The van der Waals surface area contributed by atoms with Crippen molar-refractivity contribution in [2.75, 3.05) is 0 Å². The van der Waals surface area contributed by atoms with Crippen molar-refractivity contribution in [1.29, 1.82) is 0 Å². The Morgan fingerprint density at radius 1 is 1.33 bits per heavy atom. The fourth-order valence-corrected chi connectivity index (χ4v) is 1.08. The molecule has 1 nitrogen and oxygen atoms in total. The van der Waals surface area contributed by atoms with Crippen LogP contribution in [-0.4, -0.2) is 11.5 Å². The largest absolute Gasteiger partial charge is 0.364 e. The second kappa shape index (κ2) is 4.21. The molecule has 0 bridgehead atoms. The number of rotatable bonds is 3. The normalized spacial score (nSPS) is 15.6. The first-order valence-electron chi connectivity index (χ1n) is 4.06. The molecule has 2 heteroatoms. The highest BCUT2D eigenvalue weighted by Crippen LogP contribution is 2.12. The van der Waals surface area contributed by atoms with Crippen LogP contribution in [0, 0.1) is 5.92 Å². The van der Waals surface area contributed by atoms with E-state index in [1.165, 1.54) is 0 Å². The Morgan fingerprint density at radius 2 is 1.92 bits per heavy atom. The molecular weight excluding hydrogens is 155 g/mol.